The summed E-state index contributed by atoms with van der Waals surface area (Å²) in [5, 5.41) is 0. The Morgan fingerprint density at radius 3 is 2.68 bits per heavy atom. The van der Waals surface area contributed by atoms with Crippen LogP contribution in [-0.2, 0) is 9.84 Å². The molecule has 104 valence electrons. The Kier molecular flexibility index (Phi) is 3.49. The summed E-state index contributed by atoms with van der Waals surface area (Å²) in [5.41, 5.74) is 5.85. The van der Waals surface area contributed by atoms with Crippen LogP contribution in [0.1, 0.15) is 16.8 Å². The fraction of sp³-hybridized carbons (Fsp3) is 0.417. The molecule has 1 atom stereocenters. The normalized spacial score (nSPS) is 21.3. The van der Waals surface area contributed by atoms with Gasteiger partial charge in [-0.15, -0.1) is 0 Å². The highest BCUT2D eigenvalue weighted by Crippen LogP contribution is 2.21. The van der Waals surface area contributed by atoms with Crippen molar-refractivity contribution in [1.82, 2.24) is 4.90 Å². The Hall–Kier alpha value is -1.63. The molecule has 1 saturated heterocycles. The van der Waals surface area contributed by atoms with Gasteiger partial charge in [0.15, 0.2) is 9.84 Å². The maximum atomic E-state index is 12.9. The second-order valence-electron chi connectivity index (χ2n) is 4.70. The molecule has 19 heavy (non-hydrogen) atoms. The molecule has 1 aliphatic heterocycles. The summed E-state index contributed by atoms with van der Waals surface area (Å²) in [7, 11) is -1.52. The summed E-state index contributed by atoms with van der Waals surface area (Å²) in [4.78, 5) is 13.6. The minimum atomic E-state index is -3.06. The van der Waals surface area contributed by atoms with E-state index in [0.717, 1.165) is 12.1 Å². The van der Waals surface area contributed by atoms with Crippen LogP contribution in [0.2, 0.25) is 0 Å². The second kappa shape index (κ2) is 4.80. The van der Waals surface area contributed by atoms with Crippen molar-refractivity contribution in [3.8, 4) is 0 Å². The van der Waals surface area contributed by atoms with Crippen molar-refractivity contribution in [3.05, 3.63) is 29.6 Å². The lowest BCUT2D eigenvalue weighted by Crippen LogP contribution is -2.38. The monoisotopic (exact) mass is 286 g/mol. The van der Waals surface area contributed by atoms with Gasteiger partial charge in [-0.1, -0.05) is 0 Å². The number of nitrogens with zero attached hydrogens (tertiary/aromatic N) is 1. The fourth-order valence-electron chi connectivity index (χ4n) is 2.17. The van der Waals surface area contributed by atoms with Crippen LogP contribution >= 0.6 is 0 Å². The standard InChI is InChI=1S/C12H15FN2O3S/c1-15(9-4-5-19(17,18)7-9)12(16)10-3-2-8(13)6-11(10)14/h2-3,6,9H,4-5,7,14H2,1H3. The summed E-state index contributed by atoms with van der Waals surface area (Å²) >= 11 is 0. The van der Waals surface area contributed by atoms with Crippen molar-refractivity contribution in [1.29, 1.82) is 0 Å². The number of amides is 1. The number of halogens is 1. The Bertz CT molecular complexity index is 615. The highest BCUT2D eigenvalue weighted by atomic mass is 32.2. The zero-order valence-corrected chi connectivity index (χ0v) is 11.3. The number of sulfone groups is 1. The molecule has 0 bridgehead atoms. The average molecular weight is 286 g/mol. The van der Waals surface area contributed by atoms with E-state index < -0.39 is 15.7 Å². The minimum absolute atomic E-state index is 0.0314. The summed E-state index contributed by atoms with van der Waals surface area (Å²) in [5.74, 6) is -0.843. The Morgan fingerprint density at radius 2 is 2.16 bits per heavy atom. The average Bonchev–Trinajstić information content (AvgIpc) is 2.68. The largest absolute Gasteiger partial charge is 0.398 e. The number of hydrogen-bond acceptors (Lipinski definition) is 4. The Balaban J connectivity index is 2.20. The third-order valence-corrected chi connectivity index (χ3v) is 5.07. The number of carbonyl (C=O) groups excluding carboxylic acids is 1. The third-order valence-electron chi connectivity index (χ3n) is 3.32. The first-order valence-electron chi connectivity index (χ1n) is 5.83. The first-order chi connectivity index (χ1) is 8.80. The van der Waals surface area contributed by atoms with Crippen molar-refractivity contribution in [3.63, 3.8) is 0 Å². The number of nitrogens with two attached hydrogens (primary N) is 1. The molecule has 1 aromatic carbocycles. The molecule has 1 fully saturated rings. The van der Waals surface area contributed by atoms with Gasteiger partial charge in [-0.3, -0.25) is 4.79 Å². The molecule has 0 aromatic heterocycles. The van der Waals surface area contributed by atoms with Crippen molar-refractivity contribution < 1.29 is 17.6 Å². The highest BCUT2D eigenvalue weighted by Gasteiger charge is 2.33. The van der Waals surface area contributed by atoms with Crippen LogP contribution < -0.4 is 5.73 Å². The zero-order valence-electron chi connectivity index (χ0n) is 10.5. The van der Waals surface area contributed by atoms with Gasteiger partial charge in [-0.2, -0.15) is 0 Å². The van der Waals surface area contributed by atoms with Gasteiger partial charge in [0, 0.05) is 18.8 Å². The molecule has 1 heterocycles. The van der Waals surface area contributed by atoms with E-state index in [1.54, 1.807) is 0 Å². The van der Waals surface area contributed by atoms with Gasteiger partial charge >= 0.3 is 0 Å². The maximum absolute atomic E-state index is 12.9. The van der Waals surface area contributed by atoms with Crippen LogP contribution in [0.3, 0.4) is 0 Å². The van der Waals surface area contributed by atoms with Crippen LogP contribution in [0.25, 0.3) is 0 Å². The lowest BCUT2D eigenvalue weighted by atomic mass is 10.1. The van der Waals surface area contributed by atoms with E-state index in [2.05, 4.69) is 0 Å². The van der Waals surface area contributed by atoms with Gasteiger partial charge in [0.2, 0.25) is 0 Å². The molecular weight excluding hydrogens is 271 g/mol. The van der Waals surface area contributed by atoms with E-state index in [9.17, 15) is 17.6 Å². The predicted octanol–water partition coefficient (Wildman–Crippen LogP) is 0.667. The van der Waals surface area contributed by atoms with E-state index in [1.165, 1.54) is 18.0 Å². The topological polar surface area (TPSA) is 80.5 Å². The first-order valence-corrected chi connectivity index (χ1v) is 7.65. The number of hydrogen-bond donors (Lipinski definition) is 1. The Morgan fingerprint density at radius 1 is 1.47 bits per heavy atom. The number of rotatable bonds is 2. The second-order valence-corrected chi connectivity index (χ2v) is 6.93. The van der Waals surface area contributed by atoms with E-state index in [4.69, 9.17) is 5.73 Å². The molecule has 0 saturated carbocycles. The molecule has 2 N–H and O–H groups in total. The quantitative estimate of drug-likeness (QED) is 0.810. The van der Waals surface area contributed by atoms with Gasteiger partial charge in [0.05, 0.1) is 17.1 Å². The highest BCUT2D eigenvalue weighted by molar-refractivity contribution is 7.91. The molecule has 1 amide bonds. The van der Waals surface area contributed by atoms with Gasteiger partial charge in [0.1, 0.15) is 5.82 Å². The summed E-state index contributed by atoms with van der Waals surface area (Å²) in [6, 6.07) is 3.20. The molecule has 1 aromatic rings. The number of benzene rings is 1. The predicted molar refractivity (Wildman–Crippen MR) is 70.0 cm³/mol. The van der Waals surface area contributed by atoms with Crippen molar-refractivity contribution in [2.24, 2.45) is 0 Å². The SMILES string of the molecule is CN(C(=O)c1ccc(F)cc1N)C1CCS(=O)(=O)C1. The first kappa shape index (κ1) is 13.8. The smallest absolute Gasteiger partial charge is 0.255 e. The zero-order chi connectivity index (χ0) is 14.2. The number of anilines is 1. The van der Waals surface area contributed by atoms with E-state index in [-0.39, 0.29) is 34.7 Å². The molecule has 2 rings (SSSR count). The fourth-order valence-corrected chi connectivity index (χ4v) is 3.94. The number of nitrogen functional groups attached to an aromatic ring is 1. The van der Waals surface area contributed by atoms with Gasteiger partial charge in [-0.25, -0.2) is 12.8 Å². The lowest BCUT2D eigenvalue weighted by Gasteiger charge is -2.24. The van der Waals surface area contributed by atoms with Crippen molar-refractivity contribution in [2.45, 2.75) is 12.5 Å². The molecule has 1 unspecified atom stereocenters. The van der Waals surface area contributed by atoms with Crippen LogP contribution in [0.5, 0.6) is 0 Å². The molecule has 0 aliphatic carbocycles. The maximum Gasteiger partial charge on any atom is 0.255 e. The Labute approximate surface area is 111 Å². The third kappa shape index (κ3) is 2.86. The van der Waals surface area contributed by atoms with Gasteiger partial charge in [0.25, 0.3) is 5.91 Å². The summed E-state index contributed by atoms with van der Waals surface area (Å²) in [6.45, 7) is 0. The molecular formula is C12H15FN2O3S. The molecule has 5 nitrogen and oxygen atoms in total. The van der Waals surface area contributed by atoms with Crippen LogP contribution in [-0.4, -0.2) is 43.8 Å². The summed E-state index contributed by atoms with van der Waals surface area (Å²) < 4.78 is 35.7. The van der Waals surface area contributed by atoms with Crippen LogP contribution in [0.4, 0.5) is 10.1 Å². The van der Waals surface area contributed by atoms with Gasteiger partial charge in [-0.05, 0) is 24.6 Å². The van der Waals surface area contributed by atoms with Crippen LogP contribution in [0, 0.1) is 5.82 Å². The molecule has 7 heteroatoms. The van der Waals surface area contributed by atoms with Crippen molar-refractivity contribution in [2.75, 3.05) is 24.3 Å². The molecule has 0 spiro atoms. The van der Waals surface area contributed by atoms with E-state index in [0.29, 0.717) is 6.42 Å². The van der Waals surface area contributed by atoms with E-state index >= 15 is 0 Å². The summed E-state index contributed by atoms with van der Waals surface area (Å²) in [6.07, 6.45) is 0.422. The van der Waals surface area contributed by atoms with E-state index in [1.807, 2.05) is 0 Å². The van der Waals surface area contributed by atoms with Gasteiger partial charge < -0.3 is 10.6 Å². The minimum Gasteiger partial charge on any atom is -0.398 e. The molecule has 1 aliphatic rings. The lowest BCUT2D eigenvalue weighted by molar-refractivity contribution is 0.0748. The van der Waals surface area contributed by atoms with Crippen molar-refractivity contribution >= 4 is 21.4 Å². The number of carbonyl (C=O) groups is 1. The molecule has 0 radical (unpaired) electrons. The van der Waals surface area contributed by atoms with Crippen LogP contribution in [0.15, 0.2) is 18.2 Å².